The zero-order chi connectivity index (χ0) is 25.9. The van der Waals surface area contributed by atoms with Gasteiger partial charge in [0.2, 0.25) is 0 Å². The SMILES string of the molecule is C[C@H](NC(=O)C(F)(F)F)[C@H](Oc1ccc2c(cnn2-c2cccc(CN(C)C)c2)c1)c1ccccc1. The molecule has 0 saturated carbocycles. The number of benzene rings is 3. The molecule has 0 saturated heterocycles. The minimum absolute atomic E-state index is 0.449. The van der Waals surface area contributed by atoms with Crippen LogP contribution in [0.3, 0.4) is 0 Å². The quantitative estimate of drug-likeness (QED) is 0.361. The van der Waals surface area contributed by atoms with Crippen LogP contribution >= 0.6 is 0 Å². The molecular formula is C27H27F3N4O2. The fourth-order valence-electron chi connectivity index (χ4n) is 4.05. The molecule has 0 radical (unpaired) electrons. The van der Waals surface area contributed by atoms with E-state index in [0.717, 1.165) is 28.7 Å². The minimum Gasteiger partial charge on any atom is -0.484 e. The van der Waals surface area contributed by atoms with Gasteiger partial charge in [-0.15, -0.1) is 0 Å². The first-order valence-corrected chi connectivity index (χ1v) is 11.4. The highest BCUT2D eigenvalue weighted by Crippen LogP contribution is 2.29. The third kappa shape index (κ3) is 5.85. The summed E-state index contributed by atoms with van der Waals surface area (Å²) in [4.78, 5) is 13.6. The topological polar surface area (TPSA) is 59.4 Å². The van der Waals surface area contributed by atoms with E-state index < -0.39 is 24.2 Å². The van der Waals surface area contributed by atoms with E-state index in [1.165, 1.54) is 6.92 Å². The van der Waals surface area contributed by atoms with Crippen LogP contribution in [-0.4, -0.2) is 46.9 Å². The van der Waals surface area contributed by atoms with E-state index in [9.17, 15) is 18.0 Å². The second-order valence-corrected chi connectivity index (χ2v) is 8.89. The third-order valence-corrected chi connectivity index (χ3v) is 5.65. The lowest BCUT2D eigenvalue weighted by molar-refractivity contribution is -0.174. The Balaban J connectivity index is 1.61. The molecular weight excluding hydrogens is 469 g/mol. The first kappa shape index (κ1) is 25.2. The Morgan fingerprint density at radius 1 is 1.06 bits per heavy atom. The van der Waals surface area contributed by atoms with Crippen molar-refractivity contribution in [3.05, 3.63) is 90.1 Å². The number of aromatic nitrogens is 2. The molecule has 0 fully saturated rings. The summed E-state index contributed by atoms with van der Waals surface area (Å²) in [5, 5.41) is 7.35. The van der Waals surface area contributed by atoms with Gasteiger partial charge < -0.3 is 15.0 Å². The molecule has 0 unspecified atom stereocenters. The lowest BCUT2D eigenvalue weighted by Crippen LogP contribution is -2.45. The van der Waals surface area contributed by atoms with Crippen molar-refractivity contribution in [1.82, 2.24) is 20.0 Å². The van der Waals surface area contributed by atoms with Gasteiger partial charge in [-0.1, -0.05) is 42.5 Å². The Morgan fingerprint density at radius 3 is 2.50 bits per heavy atom. The molecule has 0 aliphatic carbocycles. The summed E-state index contributed by atoms with van der Waals surface area (Å²) in [6.45, 7) is 2.29. The Labute approximate surface area is 207 Å². The average Bonchev–Trinajstić information content (AvgIpc) is 3.25. The highest BCUT2D eigenvalue weighted by atomic mass is 19.4. The van der Waals surface area contributed by atoms with E-state index in [1.807, 2.05) is 42.3 Å². The lowest BCUT2D eigenvalue weighted by atomic mass is 10.0. The molecule has 1 amide bonds. The van der Waals surface area contributed by atoms with E-state index in [1.54, 1.807) is 48.7 Å². The molecule has 0 aliphatic rings. The average molecular weight is 497 g/mol. The lowest BCUT2D eigenvalue weighted by Gasteiger charge is -2.27. The van der Waals surface area contributed by atoms with E-state index in [-0.39, 0.29) is 0 Å². The minimum atomic E-state index is -4.98. The van der Waals surface area contributed by atoms with Crippen molar-refractivity contribution in [1.29, 1.82) is 0 Å². The maximum Gasteiger partial charge on any atom is 0.471 e. The Hall–Kier alpha value is -3.85. The van der Waals surface area contributed by atoms with Gasteiger partial charge in [0, 0.05) is 11.9 Å². The van der Waals surface area contributed by atoms with Gasteiger partial charge in [-0.2, -0.15) is 18.3 Å². The molecule has 4 aromatic rings. The van der Waals surface area contributed by atoms with E-state index in [0.29, 0.717) is 11.3 Å². The van der Waals surface area contributed by atoms with Crippen molar-refractivity contribution in [3.8, 4) is 11.4 Å². The van der Waals surface area contributed by atoms with Gasteiger partial charge >= 0.3 is 12.1 Å². The number of carbonyl (C=O) groups is 1. The number of carbonyl (C=O) groups excluding carboxylic acids is 1. The van der Waals surface area contributed by atoms with Gasteiger partial charge in [-0.25, -0.2) is 4.68 Å². The smallest absolute Gasteiger partial charge is 0.471 e. The molecule has 2 atom stereocenters. The van der Waals surface area contributed by atoms with Crippen molar-refractivity contribution in [2.75, 3.05) is 14.1 Å². The van der Waals surface area contributed by atoms with Crippen molar-refractivity contribution < 1.29 is 22.7 Å². The van der Waals surface area contributed by atoms with Crippen LogP contribution in [0.1, 0.15) is 24.2 Å². The van der Waals surface area contributed by atoms with Crippen LogP contribution in [0.25, 0.3) is 16.6 Å². The van der Waals surface area contributed by atoms with Crippen molar-refractivity contribution in [2.45, 2.75) is 31.8 Å². The number of hydrogen-bond acceptors (Lipinski definition) is 4. The number of nitrogens with zero attached hydrogens (tertiary/aromatic N) is 3. The fraction of sp³-hybridized carbons (Fsp3) is 0.259. The zero-order valence-corrected chi connectivity index (χ0v) is 20.2. The van der Waals surface area contributed by atoms with Crippen molar-refractivity contribution in [3.63, 3.8) is 0 Å². The first-order chi connectivity index (χ1) is 17.1. The highest BCUT2D eigenvalue weighted by molar-refractivity contribution is 5.82. The molecule has 188 valence electrons. The number of hydrogen-bond donors (Lipinski definition) is 1. The zero-order valence-electron chi connectivity index (χ0n) is 20.2. The number of fused-ring (bicyclic) bond motifs is 1. The van der Waals surface area contributed by atoms with Crippen LogP contribution in [0.5, 0.6) is 5.75 Å². The predicted molar refractivity (Wildman–Crippen MR) is 132 cm³/mol. The maximum atomic E-state index is 12.8. The predicted octanol–water partition coefficient (Wildman–Crippen LogP) is 5.27. The summed E-state index contributed by atoms with van der Waals surface area (Å²) in [5.41, 5.74) is 3.57. The molecule has 0 spiro atoms. The third-order valence-electron chi connectivity index (χ3n) is 5.65. The van der Waals surface area contributed by atoms with E-state index in [4.69, 9.17) is 4.74 Å². The summed E-state index contributed by atoms with van der Waals surface area (Å²) >= 11 is 0. The van der Waals surface area contributed by atoms with Crippen LogP contribution in [-0.2, 0) is 11.3 Å². The fourth-order valence-corrected chi connectivity index (χ4v) is 4.05. The molecule has 4 rings (SSSR count). The molecule has 0 aliphatic heterocycles. The second-order valence-electron chi connectivity index (χ2n) is 8.89. The van der Waals surface area contributed by atoms with E-state index >= 15 is 0 Å². The van der Waals surface area contributed by atoms with Crippen molar-refractivity contribution >= 4 is 16.8 Å². The molecule has 1 heterocycles. The van der Waals surface area contributed by atoms with Gasteiger partial charge in [0.15, 0.2) is 0 Å². The molecule has 1 N–H and O–H groups in total. The molecule has 0 bridgehead atoms. The van der Waals surface area contributed by atoms with E-state index in [2.05, 4.69) is 22.1 Å². The number of alkyl halides is 3. The maximum absolute atomic E-state index is 12.8. The number of rotatable bonds is 8. The summed E-state index contributed by atoms with van der Waals surface area (Å²) in [6, 6.07) is 21.4. The number of amides is 1. The summed E-state index contributed by atoms with van der Waals surface area (Å²) < 4.78 is 46.5. The number of nitrogens with one attached hydrogen (secondary N) is 1. The number of ether oxygens (including phenoxy) is 1. The van der Waals surface area contributed by atoms with Gasteiger partial charge in [-0.3, -0.25) is 4.79 Å². The second kappa shape index (κ2) is 10.4. The standard InChI is InChI=1S/C27H27F3N4O2/c1-18(32-26(35)27(28,29)30)25(20-9-5-4-6-10-20)36-23-12-13-24-21(15-23)16-31-34(24)22-11-7-8-19(14-22)17-33(2)3/h4-16,18,25H,17H2,1-3H3,(H,32,35)/t18-,25-/m0/s1. The van der Waals surface area contributed by atoms with Crippen LogP contribution in [0.2, 0.25) is 0 Å². The summed E-state index contributed by atoms with van der Waals surface area (Å²) in [7, 11) is 4.02. The molecule has 3 aromatic carbocycles. The van der Waals surface area contributed by atoms with Crippen LogP contribution in [0, 0.1) is 0 Å². The van der Waals surface area contributed by atoms with Gasteiger partial charge in [0.25, 0.3) is 0 Å². The molecule has 36 heavy (non-hydrogen) atoms. The normalized spacial score (nSPS) is 13.5. The Morgan fingerprint density at radius 2 is 1.81 bits per heavy atom. The van der Waals surface area contributed by atoms with Gasteiger partial charge in [0.05, 0.1) is 23.4 Å². The monoisotopic (exact) mass is 496 g/mol. The highest BCUT2D eigenvalue weighted by Gasteiger charge is 2.40. The summed E-state index contributed by atoms with van der Waals surface area (Å²) in [6.07, 6.45) is -4.10. The molecule has 1 aromatic heterocycles. The van der Waals surface area contributed by atoms with Crippen LogP contribution in [0.15, 0.2) is 79.0 Å². The molecule has 9 heteroatoms. The van der Waals surface area contributed by atoms with Crippen molar-refractivity contribution in [2.24, 2.45) is 0 Å². The van der Waals surface area contributed by atoms with Crippen LogP contribution < -0.4 is 10.1 Å². The van der Waals surface area contributed by atoms with Gasteiger partial charge in [-0.05, 0) is 62.5 Å². The largest absolute Gasteiger partial charge is 0.484 e. The molecule has 6 nitrogen and oxygen atoms in total. The van der Waals surface area contributed by atoms with Crippen LogP contribution in [0.4, 0.5) is 13.2 Å². The number of halogens is 3. The summed E-state index contributed by atoms with van der Waals surface area (Å²) in [5.74, 6) is -1.56. The van der Waals surface area contributed by atoms with Gasteiger partial charge in [0.1, 0.15) is 11.9 Å². The Bertz CT molecular complexity index is 1340. The first-order valence-electron chi connectivity index (χ1n) is 11.4. The Kier molecular flexibility index (Phi) is 7.30.